The number of carboxylic acid groups (broad SMARTS) is 1. The molecule has 8 heteroatoms. The molecule has 0 bridgehead atoms. The van der Waals surface area contributed by atoms with Gasteiger partial charge in [-0.05, 0) is 54.8 Å². The third kappa shape index (κ3) is 7.14. The molecule has 27 heavy (non-hydrogen) atoms. The first-order valence-corrected chi connectivity index (χ1v) is 10.8. The SMILES string of the molecule is O=C(O)CCCCCC(NS(=O)(=O)c1ccc(Cl)cc1)c1ccc(Cl)cc1. The van der Waals surface area contributed by atoms with Gasteiger partial charge in [0.25, 0.3) is 0 Å². The normalized spacial score (nSPS) is 12.7. The molecule has 0 aliphatic rings. The highest BCUT2D eigenvalue weighted by molar-refractivity contribution is 7.89. The summed E-state index contributed by atoms with van der Waals surface area (Å²) in [7, 11) is -3.73. The van der Waals surface area contributed by atoms with Crippen LogP contribution in [0.1, 0.15) is 43.7 Å². The Morgan fingerprint density at radius 1 is 0.926 bits per heavy atom. The van der Waals surface area contributed by atoms with Crippen molar-refractivity contribution in [3.63, 3.8) is 0 Å². The monoisotopic (exact) mass is 429 g/mol. The Kier molecular flexibility index (Phi) is 8.10. The fourth-order valence-electron chi connectivity index (χ4n) is 2.66. The van der Waals surface area contributed by atoms with Gasteiger partial charge in [-0.3, -0.25) is 4.79 Å². The van der Waals surface area contributed by atoms with Crippen LogP contribution in [0.15, 0.2) is 53.4 Å². The first-order chi connectivity index (χ1) is 12.8. The summed E-state index contributed by atoms with van der Waals surface area (Å²) in [5.74, 6) is -0.826. The number of rotatable bonds is 10. The number of halogens is 2. The summed E-state index contributed by atoms with van der Waals surface area (Å²) >= 11 is 11.8. The molecule has 0 saturated heterocycles. The van der Waals surface area contributed by atoms with Gasteiger partial charge < -0.3 is 5.11 Å². The molecule has 2 N–H and O–H groups in total. The van der Waals surface area contributed by atoms with E-state index in [0.717, 1.165) is 5.56 Å². The summed E-state index contributed by atoms with van der Waals surface area (Å²) in [5.41, 5.74) is 0.801. The maximum absolute atomic E-state index is 12.7. The van der Waals surface area contributed by atoms with E-state index in [1.54, 1.807) is 24.3 Å². The zero-order valence-electron chi connectivity index (χ0n) is 14.6. The second-order valence-corrected chi connectivity index (χ2v) is 8.76. The van der Waals surface area contributed by atoms with Crippen molar-refractivity contribution in [1.82, 2.24) is 4.72 Å². The molecule has 0 amide bonds. The molecule has 0 fully saturated rings. The fourth-order valence-corrected chi connectivity index (χ4v) is 4.17. The lowest BCUT2D eigenvalue weighted by Gasteiger charge is -2.19. The van der Waals surface area contributed by atoms with Crippen molar-refractivity contribution in [1.29, 1.82) is 0 Å². The van der Waals surface area contributed by atoms with E-state index in [4.69, 9.17) is 28.3 Å². The largest absolute Gasteiger partial charge is 0.481 e. The quantitative estimate of drug-likeness (QED) is 0.517. The van der Waals surface area contributed by atoms with Crippen molar-refractivity contribution in [3.8, 4) is 0 Å². The first kappa shape index (κ1) is 21.7. The van der Waals surface area contributed by atoms with Crippen LogP contribution in [0, 0.1) is 0 Å². The fraction of sp³-hybridized carbons (Fsp3) is 0.316. The van der Waals surface area contributed by atoms with Gasteiger partial charge in [0.2, 0.25) is 10.0 Å². The van der Waals surface area contributed by atoms with E-state index in [2.05, 4.69) is 4.72 Å². The number of aliphatic carboxylic acids is 1. The summed E-state index contributed by atoms with van der Waals surface area (Å²) in [6, 6.07) is 12.5. The standard InChI is InChI=1S/C19H21Cl2NO4S/c20-15-8-6-14(7-9-15)18(4-2-1-3-5-19(23)24)22-27(25,26)17-12-10-16(21)11-13-17/h6-13,18,22H,1-5H2,(H,23,24). The number of benzene rings is 2. The van der Waals surface area contributed by atoms with Crippen LogP contribution in [0.5, 0.6) is 0 Å². The predicted molar refractivity (Wildman–Crippen MR) is 107 cm³/mol. The van der Waals surface area contributed by atoms with Gasteiger partial charge >= 0.3 is 5.97 Å². The molecule has 0 radical (unpaired) electrons. The minimum atomic E-state index is -3.73. The molecule has 0 aliphatic heterocycles. The lowest BCUT2D eigenvalue weighted by atomic mass is 10.0. The van der Waals surface area contributed by atoms with Gasteiger partial charge in [-0.2, -0.15) is 0 Å². The van der Waals surface area contributed by atoms with Crippen molar-refractivity contribution in [2.75, 3.05) is 0 Å². The van der Waals surface area contributed by atoms with Gasteiger partial charge in [0.05, 0.1) is 4.90 Å². The van der Waals surface area contributed by atoms with Gasteiger partial charge in [-0.1, -0.05) is 48.2 Å². The van der Waals surface area contributed by atoms with E-state index in [0.29, 0.717) is 35.7 Å². The summed E-state index contributed by atoms with van der Waals surface area (Å²) in [6.07, 6.45) is 2.63. The summed E-state index contributed by atoms with van der Waals surface area (Å²) in [4.78, 5) is 10.7. The minimum absolute atomic E-state index is 0.113. The number of unbranched alkanes of at least 4 members (excludes halogenated alkanes) is 2. The number of hydrogen-bond acceptors (Lipinski definition) is 3. The Labute approximate surface area is 169 Å². The maximum Gasteiger partial charge on any atom is 0.303 e. The van der Waals surface area contributed by atoms with Crippen molar-refractivity contribution >= 4 is 39.2 Å². The van der Waals surface area contributed by atoms with Crippen molar-refractivity contribution in [3.05, 3.63) is 64.1 Å². The summed E-state index contributed by atoms with van der Waals surface area (Å²) in [6.45, 7) is 0. The molecular weight excluding hydrogens is 409 g/mol. The van der Waals surface area contributed by atoms with Gasteiger partial charge in [0.1, 0.15) is 0 Å². The topological polar surface area (TPSA) is 83.5 Å². The average Bonchev–Trinajstić information content (AvgIpc) is 2.61. The van der Waals surface area contributed by atoms with Crippen LogP contribution in [0.3, 0.4) is 0 Å². The van der Waals surface area contributed by atoms with E-state index in [1.807, 2.05) is 0 Å². The van der Waals surface area contributed by atoms with E-state index in [9.17, 15) is 13.2 Å². The summed E-state index contributed by atoms with van der Waals surface area (Å²) in [5, 5.41) is 9.74. The van der Waals surface area contributed by atoms with Crippen LogP contribution in [0.25, 0.3) is 0 Å². The predicted octanol–water partition coefficient (Wildman–Crippen LogP) is 5.05. The third-order valence-electron chi connectivity index (χ3n) is 4.08. The second kappa shape index (κ2) is 10.1. The zero-order chi connectivity index (χ0) is 19.9. The molecule has 0 aliphatic carbocycles. The zero-order valence-corrected chi connectivity index (χ0v) is 16.9. The van der Waals surface area contributed by atoms with Crippen LogP contribution in [-0.2, 0) is 14.8 Å². The van der Waals surface area contributed by atoms with Crippen molar-refractivity contribution in [2.45, 2.75) is 43.0 Å². The minimum Gasteiger partial charge on any atom is -0.481 e. The number of nitrogens with one attached hydrogen (secondary N) is 1. The molecule has 0 spiro atoms. The second-order valence-electron chi connectivity index (χ2n) is 6.17. The van der Waals surface area contributed by atoms with Crippen molar-refractivity contribution < 1.29 is 18.3 Å². The number of sulfonamides is 1. The van der Waals surface area contributed by atoms with Crippen LogP contribution >= 0.6 is 23.2 Å². The smallest absolute Gasteiger partial charge is 0.303 e. The molecular formula is C19H21Cl2NO4S. The van der Waals surface area contributed by atoms with E-state index < -0.39 is 22.0 Å². The Hall–Kier alpha value is -1.60. The lowest BCUT2D eigenvalue weighted by Crippen LogP contribution is -2.28. The molecule has 2 rings (SSSR count). The lowest BCUT2D eigenvalue weighted by molar-refractivity contribution is -0.137. The number of carbonyl (C=O) groups is 1. The van der Waals surface area contributed by atoms with Gasteiger partial charge in [0.15, 0.2) is 0 Å². The van der Waals surface area contributed by atoms with Gasteiger partial charge in [0, 0.05) is 22.5 Å². The molecule has 146 valence electrons. The molecule has 2 aromatic carbocycles. The molecule has 0 aromatic heterocycles. The molecule has 0 saturated carbocycles. The highest BCUT2D eigenvalue weighted by Crippen LogP contribution is 2.25. The number of hydrogen-bond donors (Lipinski definition) is 2. The molecule has 5 nitrogen and oxygen atoms in total. The van der Waals surface area contributed by atoms with Gasteiger partial charge in [-0.25, -0.2) is 13.1 Å². The molecule has 0 heterocycles. The Morgan fingerprint density at radius 3 is 2.04 bits per heavy atom. The Bertz CT molecular complexity index is 852. The van der Waals surface area contributed by atoms with Crippen LogP contribution in [0.4, 0.5) is 0 Å². The van der Waals surface area contributed by atoms with Crippen molar-refractivity contribution in [2.24, 2.45) is 0 Å². The van der Waals surface area contributed by atoms with Crippen LogP contribution in [-0.4, -0.2) is 19.5 Å². The van der Waals surface area contributed by atoms with E-state index in [-0.39, 0.29) is 11.3 Å². The van der Waals surface area contributed by atoms with Gasteiger partial charge in [-0.15, -0.1) is 0 Å². The Balaban J connectivity index is 2.12. The average molecular weight is 430 g/mol. The maximum atomic E-state index is 12.7. The summed E-state index contributed by atoms with van der Waals surface area (Å²) < 4.78 is 28.2. The number of carboxylic acids is 1. The molecule has 2 aromatic rings. The highest BCUT2D eigenvalue weighted by Gasteiger charge is 2.21. The van der Waals surface area contributed by atoms with Crippen LogP contribution in [0.2, 0.25) is 10.0 Å². The van der Waals surface area contributed by atoms with Crippen LogP contribution < -0.4 is 4.72 Å². The molecule has 1 unspecified atom stereocenters. The first-order valence-electron chi connectivity index (χ1n) is 8.53. The third-order valence-corrected chi connectivity index (χ3v) is 6.07. The highest BCUT2D eigenvalue weighted by atomic mass is 35.5. The molecule has 1 atom stereocenters. The Morgan fingerprint density at radius 2 is 1.48 bits per heavy atom. The van der Waals surface area contributed by atoms with E-state index >= 15 is 0 Å². The van der Waals surface area contributed by atoms with E-state index in [1.165, 1.54) is 24.3 Å².